The Bertz CT molecular complexity index is 451. The molecule has 0 aliphatic rings. The maximum Gasteiger partial charge on any atom is 0.123 e. The van der Waals surface area contributed by atoms with Crippen LogP contribution >= 0.6 is 12.4 Å². The Hall–Kier alpha value is -1.39. The summed E-state index contributed by atoms with van der Waals surface area (Å²) < 4.78 is 14.4. The molecule has 0 radical (unpaired) electrons. The van der Waals surface area contributed by atoms with Crippen molar-refractivity contribution in [1.29, 1.82) is 0 Å². The number of benzene rings is 1. The van der Waals surface area contributed by atoms with Crippen molar-refractivity contribution in [2.24, 2.45) is 5.73 Å². The van der Waals surface area contributed by atoms with E-state index >= 15 is 0 Å². The molecule has 86 valence electrons. The Morgan fingerprint density at radius 1 is 1.25 bits per heavy atom. The molecular formula is C11H13ClFN3. The fourth-order valence-electron chi connectivity index (χ4n) is 1.32. The summed E-state index contributed by atoms with van der Waals surface area (Å²) in [6.45, 7) is 1.87. The molecule has 0 spiro atoms. The van der Waals surface area contributed by atoms with Gasteiger partial charge in [0.1, 0.15) is 5.82 Å². The van der Waals surface area contributed by atoms with Crippen molar-refractivity contribution in [2.75, 3.05) is 0 Å². The van der Waals surface area contributed by atoms with Gasteiger partial charge in [0.15, 0.2) is 0 Å². The molecule has 1 unspecified atom stereocenters. The third kappa shape index (κ3) is 2.59. The lowest BCUT2D eigenvalue weighted by molar-refractivity contribution is 0.627. The monoisotopic (exact) mass is 241 g/mol. The fourth-order valence-corrected chi connectivity index (χ4v) is 1.32. The van der Waals surface area contributed by atoms with Gasteiger partial charge in [-0.05, 0) is 37.3 Å². The Balaban J connectivity index is 0.00000128. The molecule has 0 bridgehead atoms. The zero-order chi connectivity index (χ0) is 10.8. The Morgan fingerprint density at radius 2 is 1.88 bits per heavy atom. The topological polar surface area (TPSA) is 43.8 Å². The lowest BCUT2D eigenvalue weighted by atomic mass is 10.3. The van der Waals surface area contributed by atoms with Gasteiger partial charge in [-0.25, -0.2) is 9.07 Å². The minimum atomic E-state index is -0.252. The highest BCUT2D eigenvalue weighted by atomic mass is 35.5. The van der Waals surface area contributed by atoms with Gasteiger partial charge in [-0.3, -0.25) is 0 Å². The first-order valence-corrected chi connectivity index (χ1v) is 4.74. The van der Waals surface area contributed by atoms with Crippen LogP contribution in [0.4, 0.5) is 4.39 Å². The highest BCUT2D eigenvalue weighted by Gasteiger charge is 2.04. The van der Waals surface area contributed by atoms with E-state index in [1.54, 1.807) is 16.8 Å². The summed E-state index contributed by atoms with van der Waals surface area (Å²) in [6.07, 6.45) is 1.81. The van der Waals surface area contributed by atoms with E-state index in [2.05, 4.69) is 5.10 Å². The second-order valence-electron chi connectivity index (χ2n) is 3.45. The van der Waals surface area contributed by atoms with E-state index in [1.807, 2.05) is 19.2 Å². The van der Waals surface area contributed by atoms with Crippen LogP contribution in [0.1, 0.15) is 18.7 Å². The van der Waals surface area contributed by atoms with Crippen LogP contribution in [0.3, 0.4) is 0 Å². The van der Waals surface area contributed by atoms with Crippen molar-refractivity contribution in [1.82, 2.24) is 9.78 Å². The van der Waals surface area contributed by atoms with Crippen molar-refractivity contribution in [3.8, 4) is 5.69 Å². The standard InChI is InChI=1S/C11H12FN3.ClH/c1-8(13)11-6-7-15(14-11)10-4-2-9(12)3-5-10;/h2-8H,13H2,1H3;1H. The van der Waals surface area contributed by atoms with E-state index in [1.165, 1.54) is 12.1 Å². The maximum atomic E-state index is 12.7. The minimum Gasteiger partial charge on any atom is -0.323 e. The van der Waals surface area contributed by atoms with E-state index in [4.69, 9.17) is 5.73 Å². The molecule has 0 saturated heterocycles. The van der Waals surface area contributed by atoms with Crippen molar-refractivity contribution < 1.29 is 4.39 Å². The summed E-state index contributed by atoms with van der Waals surface area (Å²) in [7, 11) is 0. The number of aromatic nitrogens is 2. The predicted octanol–water partition coefficient (Wildman–Crippen LogP) is 2.45. The Labute approximate surface area is 99.5 Å². The van der Waals surface area contributed by atoms with Gasteiger partial charge in [0.2, 0.25) is 0 Å². The maximum absolute atomic E-state index is 12.7. The average molecular weight is 242 g/mol. The number of nitrogens with two attached hydrogens (primary N) is 1. The number of rotatable bonds is 2. The highest BCUT2D eigenvalue weighted by molar-refractivity contribution is 5.85. The zero-order valence-electron chi connectivity index (χ0n) is 8.80. The molecule has 1 atom stereocenters. The molecule has 1 heterocycles. The van der Waals surface area contributed by atoms with Gasteiger partial charge in [-0.1, -0.05) is 0 Å². The van der Waals surface area contributed by atoms with E-state index in [0.717, 1.165) is 11.4 Å². The van der Waals surface area contributed by atoms with Crippen molar-refractivity contribution in [3.05, 3.63) is 48.0 Å². The number of hydrogen-bond donors (Lipinski definition) is 1. The minimum absolute atomic E-state index is 0. The van der Waals surface area contributed by atoms with Gasteiger partial charge in [-0.15, -0.1) is 12.4 Å². The summed E-state index contributed by atoms with van der Waals surface area (Å²) >= 11 is 0. The van der Waals surface area contributed by atoms with Crippen LogP contribution in [-0.2, 0) is 0 Å². The molecule has 5 heteroatoms. The van der Waals surface area contributed by atoms with Gasteiger partial charge >= 0.3 is 0 Å². The molecule has 2 aromatic rings. The number of halogens is 2. The van der Waals surface area contributed by atoms with E-state index in [9.17, 15) is 4.39 Å². The summed E-state index contributed by atoms with van der Waals surface area (Å²) in [4.78, 5) is 0. The van der Waals surface area contributed by atoms with Crippen molar-refractivity contribution >= 4 is 12.4 Å². The molecule has 1 aromatic carbocycles. The summed E-state index contributed by atoms with van der Waals surface area (Å²) in [5.41, 5.74) is 7.33. The van der Waals surface area contributed by atoms with Crippen LogP contribution in [0.2, 0.25) is 0 Å². The van der Waals surface area contributed by atoms with Crippen LogP contribution in [0.25, 0.3) is 5.69 Å². The molecule has 2 rings (SSSR count). The molecule has 0 aliphatic heterocycles. The first-order chi connectivity index (χ1) is 7.16. The lowest BCUT2D eigenvalue weighted by Gasteiger charge is -2.01. The van der Waals surface area contributed by atoms with E-state index in [0.29, 0.717) is 0 Å². The van der Waals surface area contributed by atoms with Crippen LogP contribution < -0.4 is 5.73 Å². The zero-order valence-corrected chi connectivity index (χ0v) is 9.62. The first-order valence-electron chi connectivity index (χ1n) is 4.74. The molecule has 2 N–H and O–H groups in total. The third-order valence-corrected chi connectivity index (χ3v) is 2.17. The van der Waals surface area contributed by atoms with Crippen molar-refractivity contribution in [2.45, 2.75) is 13.0 Å². The molecule has 16 heavy (non-hydrogen) atoms. The van der Waals surface area contributed by atoms with E-state index < -0.39 is 0 Å². The van der Waals surface area contributed by atoms with Gasteiger partial charge in [0.05, 0.1) is 11.4 Å². The molecule has 3 nitrogen and oxygen atoms in total. The van der Waals surface area contributed by atoms with Gasteiger partial charge in [-0.2, -0.15) is 5.10 Å². The van der Waals surface area contributed by atoms with Crippen LogP contribution in [0.5, 0.6) is 0 Å². The molecule has 0 amide bonds. The summed E-state index contributed by atoms with van der Waals surface area (Å²) in [6, 6.07) is 7.92. The van der Waals surface area contributed by atoms with Gasteiger partial charge < -0.3 is 5.73 Å². The normalized spacial score (nSPS) is 11.9. The SMILES string of the molecule is CC(N)c1ccn(-c2ccc(F)cc2)n1.Cl. The van der Waals surface area contributed by atoms with Crippen LogP contribution in [0, 0.1) is 5.82 Å². The Morgan fingerprint density at radius 3 is 2.38 bits per heavy atom. The van der Waals surface area contributed by atoms with Gasteiger partial charge in [0, 0.05) is 12.2 Å². The number of hydrogen-bond acceptors (Lipinski definition) is 2. The summed E-state index contributed by atoms with van der Waals surface area (Å²) in [5, 5.41) is 4.28. The third-order valence-electron chi connectivity index (χ3n) is 2.17. The molecule has 0 fully saturated rings. The number of nitrogens with zero attached hydrogens (tertiary/aromatic N) is 2. The Kier molecular flexibility index (Phi) is 4.04. The van der Waals surface area contributed by atoms with Gasteiger partial charge in [0.25, 0.3) is 0 Å². The van der Waals surface area contributed by atoms with Crippen LogP contribution in [0.15, 0.2) is 36.5 Å². The smallest absolute Gasteiger partial charge is 0.123 e. The highest BCUT2D eigenvalue weighted by Crippen LogP contribution is 2.11. The largest absolute Gasteiger partial charge is 0.323 e. The first kappa shape index (κ1) is 12.7. The average Bonchev–Trinajstić information content (AvgIpc) is 2.68. The molecule has 1 aromatic heterocycles. The molecular weight excluding hydrogens is 229 g/mol. The quantitative estimate of drug-likeness (QED) is 0.878. The van der Waals surface area contributed by atoms with Crippen LogP contribution in [-0.4, -0.2) is 9.78 Å². The molecule has 0 saturated carbocycles. The molecule has 0 aliphatic carbocycles. The van der Waals surface area contributed by atoms with E-state index in [-0.39, 0.29) is 24.3 Å². The second-order valence-corrected chi connectivity index (χ2v) is 3.45. The second kappa shape index (κ2) is 5.09. The predicted molar refractivity (Wildman–Crippen MR) is 63.4 cm³/mol. The fraction of sp³-hybridized carbons (Fsp3) is 0.182. The lowest BCUT2D eigenvalue weighted by Crippen LogP contribution is -2.06. The summed E-state index contributed by atoms with van der Waals surface area (Å²) in [5.74, 6) is -0.252. The van der Waals surface area contributed by atoms with Crippen molar-refractivity contribution in [3.63, 3.8) is 0 Å².